The van der Waals surface area contributed by atoms with E-state index in [4.69, 9.17) is 5.11 Å². The number of carbonyl (C=O) groups is 1. The Bertz CT molecular complexity index is 416. The molecule has 2 saturated carbocycles. The summed E-state index contributed by atoms with van der Waals surface area (Å²) < 4.78 is 81.0. The summed E-state index contributed by atoms with van der Waals surface area (Å²) in [5, 5.41) is 8.70. The first-order valence-corrected chi connectivity index (χ1v) is 6.93. The average molecular weight is 334 g/mol. The molecule has 2 bridgehead atoms. The molecule has 0 heterocycles. The highest BCUT2D eigenvalue weighted by atomic mass is 19.4. The Morgan fingerprint density at radius 2 is 1.64 bits per heavy atom. The van der Waals surface area contributed by atoms with Crippen molar-refractivity contribution in [3.05, 3.63) is 0 Å². The van der Waals surface area contributed by atoms with E-state index in [-0.39, 0.29) is 5.92 Å². The standard InChI is InChI=1S/C13H16F6O3/c14-12(15,16)11(5-20,13(17,18)19)6-22-10(21)9-4-7-1-2-8(9)3-7/h7-9,20H,1-6H2. The van der Waals surface area contributed by atoms with E-state index in [0.717, 1.165) is 19.3 Å². The number of ether oxygens (including phenoxy) is 1. The number of halogens is 6. The van der Waals surface area contributed by atoms with Gasteiger partial charge in [0.1, 0.15) is 6.61 Å². The molecule has 3 atom stereocenters. The van der Waals surface area contributed by atoms with Gasteiger partial charge in [0, 0.05) is 0 Å². The molecule has 22 heavy (non-hydrogen) atoms. The first-order valence-electron chi connectivity index (χ1n) is 6.93. The predicted molar refractivity (Wildman–Crippen MR) is 61.5 cm³/mol. The van der Waals surface area contributed by atoms with Crippen molar-refractivity contribution in [1.82, 2.24) is 0 Å². The third-order valence-electron chi connectivity index (χ3n) is 4.86. The van der Waals surface area contributed by atoms with E-state index < -0.39 is 42.9 Å². The molecule has 9 heteroatoms. The number of fused-ring (bicyclic) bond motifs is 2. The van der Waals surface area contributed by atoms with Crippen LogP contribution in [0.1, 0.15) is 25.7 Å². The first kappa shape index (κ1) is 17.4. The van der Waals surface area contributed by atoms with Gasteiger partial charge in [0.15, 0.2) is 0 Å². The van der Waals surface area contributed by atoms with Gasteiger partial charge in [-0.15, -0.1) is 0 Å². The summed E-state index contributed by atoms with van der Waals surface area (Å²) in [5.74, 6) is -1.37. The largest absolute Gasteiger partial charge is 0.464 e. The third-order valence-corrected chi connectivity index (χ3v) is 4.86. The van der Waals surface area contributed by atoms with Crippen LogP contribution >= 0.6 is 0 Å². The SMILES string of the molecule is O=C(OCC(CO)(C(F)(F)F)C(F)(F)F)C1CC2CCC1C2. The van der Waals surface area contributed by atoms with Crippen LogP contribution in [0.5, 0.6) is 0 Å². The molecule has 0 aromatic carbocycles. The van der Waals surface area contributed by atoms with Crippen molar-refractivity contribution in [1.29, 1.82) is 0 Å². The van der Waals surface area contributed by atoms with E-state index in [9.17, 15) is 31.1 Å². The Morgan fingerprint density at radius 1 is 1.05 bits per heavy atom. The maximum absolute atomic E-state index is 12.8. The van der Waals surface area contributed by atoms with Crippen LogP contribution in [0.2, 0.25) is 0 Å². The maximum atomic E-state index is 12.8. The molecule has 2 aliphatic rings. The molecule has 0 amide bonds. The Balaban J connectivity index is 2.07. The van der Waals surface area contributed by atoms with E-state index in [1.807, 2.05) is 0 Å². The third kappa shape index (κ3) is 2.79. The normalized spacial score (nSPS) is 29.0. The number of aliphatic hydroxyl groups excluding tert-OH is 1. The lowest BCUT2D eigenvalue weighted by molar-refractivity contribution is -0.358. The monoisotopic (exact) mass is 334 g/mol. The number of esters is 1. The lowest BCUT2D eigenvalue weighted by atomic mass is 9.87. The minimum absolute atomic E-state index is 0.0159. The Hall–Kier alpha value is -0.990. The summed E-state index contributed by atoms with van der Waals surface area (Å²) in [4.78, 5) is 11.8. The lowest BCUT2D eigenvalue weighted by Crippen LogP contribution is -2.56. The zero-order valence-corrected chi connectivity index (χ0v) is 11.5. The maximum Gasteiger partial charge on any atom is 0.408 e. The second-order valence-electron chi connectivity index (χ2n) is 6.12. The highest BCUT2D eigenvalue weighted by Crippen LogP contribution is 2.51. The van der Waals surface area contributed by atoms with E-state index in [1.165, 1.54) is 0 Å². The molecule has 1 N–H and O–H groups in total. The van der Waals surface area contributed by atoms with Gasteiger partial charge < -0.3 is 9.84 Å². The minimum Gasteiger partial charge on any atom is -0.464 e. The second-order valence-corrected chi connectivity index (χ2v) is 6.12. The van der Waals surface area contributed by atoms with Crippen molar-refractivity contribution in [2.75, 3.05) is 13.2 Å². The highest BCUT2D eigenvalue weighted by Gasteiger charge is 2.71. The van der Waals surface area contributed by atoms with Gasteiger partial charge >= 0.3 is 18.3 Å². The molecular weight excluding hydrogens is 318 g/mol. The zero-order valence-electron chi connectivity index (χ0n) is 11.5. The number of hydrogen-bond donors (Lipinski definition) is 1. The molecule has 3 nitrogen and oxygen atoms in total. The zero-order chi connectivity index (χ0) is 16.8. The van der Waals surface area contributed by atoms with Gasteiger partial charge in [-0.1, -0.05) is 6.42 Å². The van der Waals surface area contributed by atoms with Crippen molar-refractivity contribution < 1.29 is 41.0 Å². The van der Waals surface area contributed by atoms with E-state index in [2.05, 4.69) is 4.74 Å². The molecule has 0 aromatic heterocycles. The fraction of sp³-hybridized carbons (Fsp3) is 0.923. The lowest BCUT2D eigenvalue weighted by Gasteiger charge is -2.35. The van der Waals surface area contributed by atoms with Gasteiger partial charge in [0.2, 0.25) is 5.41 Å². The molecule has 128 valence electrons. The van der Waals surface area contributed by atoms with Gasteiger partial charge in [0.05, 0.1) is 12.5 Å². The highest BCUT2D eigenvalue weighted by molar-refractivity contribution is 5.73. The van der Waals surface area contributed by atoms with Gasteiger partial charge in [-0.25, -0.2) is 0 Å². The van der Waals surface area contributed by atoms with E-state index in [0.29, 0.717) is 12.3 Å². The number of hydrogen-bond acceptors (Lipinski definition) is 3. The van der Waals surface area contributed by atoms with E-state index in [1.54, 1.807) is 0 Å². The molecule has 2 aliphatic carbocycles. The molecule has 0 radical (unpaired) electrons. The Morgan fingerprint density at radius 3 is 2.00 bits per heavy atom. The smallest absolute Gasteiger partial charge is 0.408 e. The fourth-order valence-corrected chi connectivity index (χ4v) is 3.38. The summed E-state index contributed by atoms with van der Waals surface area (Å²) in [6, 6.07) is 0. The van der Waals surface area contributed by atoms with E-state index >= 15 is 0 Å². The molecule has 0 spiro atoms. The molecule has 0 aliphatic heterocycles. The van der Waals surface area contributed by atoms with Gasteiger partial charge in [-0.05, 0) is 31.1 Å². The summed E-state index contributed by atoms with van der Waals surface area (Å²) in [6.45, 7) is -4.16. The minimum atomic E-state index is -5.77. The van der Waals surface area contributed by atoms with Crippen molar-refractivity contribution in [3.8, 4) is 0 Å². The Labute approximate surface area is 122 Å². The molecular formula is C13H16F6O3. The quantitative estimate of drug-likeness (QED) is 0.635. The summed E-state index contributed by atoms with van der Waals surface area (Å²) in [7, 11) is 0. The average Bonchev–Trinajstić information content (AvgIpc) is 2.98. The van der Waals surface area contributed by atoms with Crippen LogP contribution in [0.4, 0.5) is 26.3 Å². The van der Waals surface area contributed by atoms with Crippen molar-refractivity contribution in [2.45, 2.75) is 38.0 Å². The van der Waals surface area contributed by atoms with Crippen LogP contribution in [0.15, 0.2) is 0 Å². The van der Waals surface area contributed by atoms with Crippen molar-refractivity contribution in [2.24, 2.45) is 23.2 Å². The number of alkyl halides is 6. The fourth-order valence-electron chi connectivity index (χ4n) is 3.38. The molecule has 0 saturated heterocycles. The molecule has 3 unspecified atom stereocenters. The number of aliphatic hydroxyl groups is 1. The molecule has 2 rings (SSSR count). The predicted octanol–water partition coefficient (Wildman–Crippen LogP) is 3.07. The van der Waals surface area contributed by atoms with Gasteiger partial charge in [0.25, 0.3) is 0 Å². The summed E-state index contributed by atoms with van der Waals surface area (Å²) in [6.07, 6.45) is -8.64. The van der Waals surface area contributed by atoms with Crippen LogP contribution in [0.3, 0.4) is 0 Å². The van der Waals surface area contributed by atoms with Crippen LogP contribution in [0, 0.1) is 23.2 Å². The van der Waals surface area contributed by atoms with Crippen LogP contribution in [-0.2, 0) is 9.53 Å². The second kappa shape index (κ2) is 5.58. The molecule has 0 aromatic rings. The number of rotatable bonds is 4. The van der Waals surface area contributed by atoms with Crippen molar-refractivity contribution in [3.63, 3.8) is 0 Å². The topological polar surface area (TPSA) is 46.5 Å². The van der Waals surface area contributed by atoms with Crippen molar-refractivity contribution >= 4 is 5.97 Å². The first-order chi connectivity index (χ1) is 10.0. The van der Waals surface area contributed by atoms with Gasteiger partial charge in [-0.3, -0.25) is 4.79 Å². The Kier molecular flexibility index (Phi) is 4.40. The van der Waals surface area contributed by atoms with Crippen LogP contribution in [0.25, 0.3) is 0 Å². The molecule has 2 fully saturated rings. The number of carbonyl (C=O) groups excluding carboxylic acids is 1. The van der Waals surface area contributed by atoms with Crippen LogP contribution in [-0.4, -0.2) is 36.6 Å². The summed E-state index contributed by atoms with van der Waals surface area (Å²) >= 11 is 0. The summed E-state index contributed by atoms with van der Waals surface area (Å²) in [5.41, 5.74) is -4.44. The van der Waals surface area contributed by atoms with Crippen LogP contribution < -0.4 is 0 Å². The van der Waals surface area contributed by atoms with Gasteiger partial charge in [-0.2, -0.15) is 26.3 Å².